The molecule has 0 aliphatic rings. The molecular weight excluding hydrogens is 252 g/mol. The summed E-state index contributed by atoms with van der Waals surface area (Å²) in [6.45, 7) is 8.10. The van der Waals surface area contributed by atoms with Crippen LogP contribution in [0.4, 0.5) is 10.7 Å². The molecular formula is C12H18N2OS2. The lowest BCUT2D eigenvalue weighted by Gasteiger charge is -2.03. The fourth-order valence-electron chi connectivity index (χ4n) is 1.36. The zero-order chi connectivity index (χ0) is 13.0. The van der Waals surface area contributed by atoms with Crippen LogP contribution in [-0.2, 0) is 0 Å². The molecule has 5 heteroatoms. The van der Waals surface area contributed by atoms with Gasteiger partial charge in [0.15, 0.2) is 5.78 Å². The number of Topliss-reactive ketones (excluding diaryl/α,β-unsaturated/α-hetero) is 1. The maximum absolute atomic E-state index is 12.0. The zero-order valence-corrected chi connectivity index (χ0v) is 12.0. The van der Waals surface area contributed by atoms with Crippen molar-refractivity contribution in [2.75, 3.05) is 23.9 Å². The average molecular weight is 270 g/mol. The van der Waals surface area contributed by atoms with E-state index in [-0.39, 0.29) is 11.7 Å². The Kier molecular flexibility index (Phi) is 5.08. The van der Waals surface area contributed by atoms with Crippen molar-refractivity contribution in [3.8, 4) is 0 Å². The summed E-state index contributed by atoms with van der Waals surface area (Å²) in [4.78, 5) is 13.6. The predicted molar refractivity (Wildman–Crippen MR) is 78.4 cm³/mol. The van der Waals surface area contributed by atoms with Gasteiger partial charge in [-0.1, -0.05) is 19.9 Å². The minimum atomic E-state index is -0.0297. The highest BCUT2D eigenvalue weighted by Crippen LogP contribution is 2.42. The Hall–Kier alpha value is -0.940. The highest BCUT2D eigenvalue weighted by molar-refractivity contribution is 7.99. The lowest BCUT2D eigenvalue weighted by atomic mass is 10.1. The molecule has 0 unspecified atom stereocenters. The minimum Gasteiger partial charge on any atom is -0.396 e. The average Bonchev–Trinajstić information content (AvgIpc) is 2.61. The molecule has 0 radical (unpaired) electrons. The number of thiophene rings is 1. The SMILES string of the molecule is C=CCNc1sc(C(=O)C(C)C)c(N)c1SC. The van der Waals surface area contributed by atoms with Gasteiger partial charge < -0.3 is 11.1 Å². The third-order valence-corrected chi connectivity index (χ3v) is 4.40. The van der Waals surface area contributed by atoms with Crippen molar-refractivity contribution >= 4 is 39.6 Å². The van der Waals surface area contributed by atoms with E-state index in [1.165, 1.54) is 11.3 Å². The van der Waals surface area contributed by atoms with Gasteiger partial charge in [0.1, 0.15) is 5.00 Å². The van der Waals surface area contributed by atoms with Crippen LogP contribution in [0.3, 0.4) is 0 Å². The van der Waals surface area contributed by atoms with Crippen LogP contribution in [-0.4, -0.2) is 18.6 Å². The summed E-state index contributed by atoms with van der Waals surface area (Å²) in [5.74, 6) is 0.0763. The second-order valence-corrected chi connectivity index (χ2v) is 5.73. The smallest absolute Gasteiger partial charge is 0.177 e. The Labute approximate surface area is 110 Å². The van der Waals surface area contributed by atoms with Crippen LogP contribution in [0, 0.1) is 5.92 Å². The first-order chi connectivity index (χ1) is 8.02. The molecule has 0 aliphatic heterocycles. The Morgan fingerprint density at radius 1 is 1.65 bits per heavy atom. The molecule has 0 amide bonds. The van der Waals surface area contributed by atoms with Gasteiger partial charge in [-0.25, -0.2) is 0 Å². The summed E-state index contributed by atoms with van der Waals surface area (Å²) in [5.41, 5.74) is 6.63. The summed E-state index contributed by atoms with van der Waals surface area (Å²) < 4.78 is 0. The number of hydrogen-bond acceptors (Lipinski definition) is 5. The van der Waals surface area contributed by atoms with Crippen molar-refractivity contribution in [2.24, 2.45) is 5.92 Å². The summed E-state index contributed by atoms with van der Waals surface area (Å²) in [6.07, 6.45) is 3.74. The zero-order valence-electron chi connectivity index (χ0n) is 10.4. The van der Waals surface area contributed by atoms with Crippen LogP contribution in [0.2, 0.25) is 0 Å². The van der Waals surface area contributed by atoms with Gasteiger partial charge in [-0.15, -0.1) is 29.7 Å². The predicted octanol–water partition coefficient (Wildman–Crippen LogP) is 3.49. The molecule has 3 N–H and O–H groups in total. The van der Waals surface area contributed by atoms with Crippen molar-refractivity contribution < 1.29 is 4.79 Å². The molecule has 94 valence electrons. The molecule has 3 nitrogen and oxygen atoms in total. The quantitative estimate of drug-likeness (QED) is 0.472. The number of nitrogens with one attached hydrogen (secondary N) is 1. The van der Waals surface area contributed by atoms with Gasteiger partial charge in [-0.3, -0.25) is 4.79 Å². The van der Waals surface area contributed by atoms with Crippen LogP contribution >= 0.6 is 23.1 Å². The van der Waals surface area contributed by atoms with Crippen molar-refractivity contribution in [2.45, 2.75) is 18.7 Å². The van der Waals surface area contributed by atoms with Crippen LogP contribution in [0.15, 0.2) is 17.6 Å². The molecule has 0 aliphatic carbocycles. The van der Waals surface area contributed by atoms with Gasteiger partial charge in [0.05, 0.1) is 15.5 Å². The second-order valence-electron chi connectivity index (χ2n) is 3.90. The van der Waals surface area contributed by atoms with Gasteiger partial charge in [-0.2, -0.15) is 0 Å². The first-order valence-corrected chi connectivity index (χ1v) is 7.42. The normalized spacial score (nSPS) is 10.6. The van der Waals surface area contributed by atoms with E-state index in [4.69, 9.17) is 5.73 Å². The number of anilines is 2. The molecule has 0 fully saturated rings. The van der Waals surface area contributed by atoms with Gasteiger partial charge in [-0.05, 0) is 6.26 Å². The number of nitrogen functional groups attached to an aromatic ring is 1. The molecule has 17 heavy (non-hydrogen) atoms. The maximum Gasteiger partial charge on any atom is 0.177 e. The first kappa shape index (κ1) is 14.1. The molecule has 1 rings (SSSR count). The summed E-state index contributed by atoms with van der Waals surface area (Å²) in [6, 6.07) is 0. The minimum absolute atomic E-state index is 0.0297. The number of carbonyl (C=O) groups is 1. The largest absolute Gasteiger partial charge is 0.396 e. The van der Waals surface area contributed by atoms with Crippen LogP contribution in [0.25, 0.3) is 0 Å². The molecule has 0 aromatic carbocycles. The lowest BCUT2D eigenvalue weighted by molar-refractivity contribution is 0.0944. The maximum atomic E-state index is 12.0. The van der Waals surface area contributed by atoms with Gasteiger partial charge in [0, 0.05) is 12.5 Å². The Bertz CT molecular complexity index is 424. The van der Waals surface area contributed by atoms with Crippen molar-refractivity contribution in [1.82, 2.24) is 0 Å². The molecule has 0 saturated heterocycles. The number of rotatable bonds is 6. The van der Waals surface area contributed by atoms with Crippen molar-refractivity contribution in [1.29, 1.82) is 0 Å². The fraction of sp³-hybridized carbons (Fsp3) is 0.417. The Morgan fingerprint density at radius 2 is 2.29 bits per heavy atom. The summed E-state index contributed by atoms with van der Waals surface area (Å²) >= 11 is 2.99. The van der Waals surface area contributed by atoms with E-state index in [0.717, 1.165) is 9.90 Å². The number of thioether (sulfide) groups is 1. The molecule has 1 aromatic rings. The van der Waals surface area contributed by atoms with E-state index in [1.54, 1.807) is 17.8 Å². The standard InChI is InChI=1S/C12H18N2OS2/c1-5-6-14-12-11(16-4)8(13)10(17-12)9(15)7(2)3/h5,7,14H,1,6,13H2,2-4H3. The van der Waals surface area contributed by atoms with Gasteiger partial charge in [0.2, 0.25) is 0 Å². The topological polar surface area (TPSA) is 55.1 Å². The van der Waals surface area contributed by atoms with Crippen molar-refractivity contribution in [3.63, 3.8) is 0 Å². The summed E-state index contributed by atoms with van der Waals surface area (Å²) in [5, 5.41) is 4.17. The highest BCUT2D eigenvalue weighted by atomic mass is 32.2. The molecule has 0 atom stereocenters. The van der Waals surface area contributed by atoms with Crippen LogP contribution in [0.5, 0.6) is 0 Å². The van der Waals surface area contributed by atoms with Crippen LogP contribution < -0.4 is 11.1 Å². The number of nitrogens with two attached hydrogens (primary N) is 1. The van der Waals surface area contributed by atoms with E-state index in [1.807, 2.05) is 20.1 Å². The number of ketones is 1. The Balaban J connectivity index is 3.12. The molecule has 1 aromatic heterocycles. The van der Waals surface area contributed by atoms with Gasteiger partial charge >= 0.3 is 0 Å². The number of carbonyl (C=O) groups excluding carboxylic acids is 1. The Morgan fingerprint density at radius 3 is 2.76 bits per heavy atom. The van der Waals surface area contributed by atoms with Crippen LogP contribution in [0.1, 0.15) is 23.5 Å². The van der Waals surface area contributed by atoms with E-state index in [0.29, 0.717) is 17.1 Å². The second kappa shape index (κ2) is 6.12. The monoisotopic (exact) mass is 270 g/mol. The molecule has 0 spiro atoms. The first-order valence-electron chi connectivity index (χ1n) is 5.38. The molecule has 1 heterocycles. The summed E-state index contributed by atoms with van der Waals surface area (Å²) in [7, 11) is 0. The molecule has 0 bridgehead atoms. The molecule has 0 saturated carbocycles. The third kappa shape index (κ3) is 3.04. The van der Waals surface area contributed by atoms with Crippen molar-refractivity contribution in [3.05, 3.63) is 17.5 Å². The van der Waals surface area contributed by atoms with E-state index < -0.39 is 0 Å². The number of hydrogen-bond donors (Lipinski definition) is 2. The van der Waals surface area contributed by atoms with Gasteiger partial charge in [0.25, 0.3) is 0 Å². The fourth-order valence-corrected chi connectivity index (χ4v) is 3.49. The third-order valence-electron chi connectivity index (χ3n) is 2.26. The van der Waals surface area contributed by atoms with E-state index >= 15 is 0 Å². The highest BCUT2D eigenvalue weighted by Gasteiger charge is 2.21. The van der Waals surface area contributed by atoms with E-state index in [9.17, 15) is 4.79 Å². The van der Waals surface area contributed by atoms with E-state index in [2.05, 4.69) is 11.9 Å². The lowest BCUT2D eigenvalue weighted by Crippen LogP contribution is -2.07.